The Kier molecular flexibility index (Phi) is 5.51. The molecule has 0 spiro atoms. The lowest BCUT2D eigenvalue weighted by Gasteiger charge is -2.19. The van der Waals surface area contributed by atoms with Crippen molar-refractivity contribution in [1.29, 1.82) is 0 Å². The Morgan fingerprint density at radius 3 is 2.34 bits per heavy atom. The molecule has 3 aromatic rings. The zero-order chi connectivity index (χ0) is 21.4. The van der Waals surface area contributed by atoms with Gasteiger partial charge < -0.3 is 4.57 Å². The van der Waals surface area contributed by atoms with Gasteiger partial charge in [0, 0.05) is 12.1 Å². The first-order valence-corrected chi connectivity index (χ1v) is 10.9. The van der Waals surface area contributed by atoms with E-state index >= 15 is 0 Å². The molecule has 0 saturated heterocycles. The number of fused-ring (bicyclic) bond motifs is 1. The van der Waals surface area contributed by atoms with Crippen LogP contribution in [0.5, 0.6) is 0 Å². The zero-order valence-electron chi connectivity index (χ0n) is 17.3. The highest BCUT2D eigenvalue weighted by molar-refractivity contribution is 7.89. The number of sulfonamides is 1. The van der Waals surface area contributed by atoms with Gasteiger partial charge in [-0.3, -0.25) is 10.2 Å². The number of hydrogen-bond acceptors (Lipinski definition) is 4. The van der Waals surface area contributed by atoms with Crippen molar-refractivity contribution in [2.75, 3.05) is 0 Å². The lowest BCUT2D eigenvalue weighted by molar-refractivity contribution is 0.0945. The van der Waals surface area contributed by atoms with Crippen molar-refractivity contribution in [2.24, 2.45) is 0 Å². The van der Waals surface area contributed by atoms with Gasteiger partial charge in [0.25, 0.3) is 15.9 Å². The SMILES string of the molecule is CCn1c(C)nc2cc(C(=O)NNS(=O)(=O)c3ccc(C(C)(C)C)cc3)ccc21. The third kappa shape index (κ3) is 4.33. The molecule has 29 heavy (non-hydrogen) atoms. The normalized spacial score (nSPS) is 12.3. The van der Waals surface area contributed by atoms with E-state index in [0.29, 0.717) is 11.1 Å². The third-order valence-corrected chi connectivity index (χ3v) is 6.11. The van der Waals surface area contributed by atoms with Crippen molar-refractivity contribution < 1.29 is 13.2 Å². The van der Waals surface area contributed by atoms with E-state index in [1.54, 1.807) is 24.3 Å². The van der Waals surface area contributed by atoms with Gasteiger partial charge in [-0.05, 0) is 55.2 Å². The molecular weight excluding hydrogens is 388 g/mol. The van der Waals surface area contributed by atoms with Gasteiger partial charge in [0.2, 0.25) is 0 Å². The maximum Gasteiger partial charge on any atom is 0.266 e. The molecule has 0 atom stereocenters. The van der Waals surface area contributed by atoms with Crippen molar-refractivity contribution >= 4 is 27.0 Å². The van der Waals surface area contributed by atoms with Gasteiger partial charge in [0.15, 0.2) is 0 Å². The second-order valence-electron chi connectivity index (χ2n) is 7.94. The highest BCUT2D eigenvalue weighted by Crippen LogP contribution is 2.23. The Bertz CT molecular complexity index is 1160. The average Bonchev–Trinajstić information content (AvgIpc) is 2.99. The fourth-order valence-electron chi connectivity index (χ4n) is 3.17. The van der Waals surface area contributed by atoms with Crippen molar-refractivity contribution in [3.63, 3.8) is 0 Å². The van der Waals surface area contributed by atoms with Crippen LogP contribution in [0.3, 0.4) is 0 Å². The molecule has 2 aromatic carbocycles. The molecule has 1 aromatic heterocycles. The van der Waals surface area contributed by atoms with Crippen LogP contribution in [0.15, 0.2) is 47.4 Å². The number of aromatic nitrogens is 2. The quantitative estimate of drug-likeness (QED) is 0.627. The van der Waals surface area contributed by atoms with E-state index < -0.39 is 15.9 Å². The number of carbonyl (C=O) groups excluding carboxylic acids is 1. The molecule has 0 unspecified atom stereocenters. The van der Waals surface area contributed by atoms with Crippen LogP contribution < -0.4 is 10.3 Å². The molecule has 0 fully saturated rings. The number of carbonyl (C=O) groups is 1. The van der Waals surface area contributed by atoms with Crippen LogP contribution in [0, 0.1) is 6.92 Å². The number of hydrogen-bond donors (Lipinski definition) is 2. The van der Waals surface area contributed by atoms with E-state index in [2.05, 4.69) is 36.0 Å². The van der Waals surface area contributed by atoms with Gasteiger partial charge in [-0.15, -0.1) is 4.83 Å². The summed E-state index contributed by atoms with van der Waals surface area (Å²) in [6, 6.07) is 11.7. The van der Waals surface area contributed by atoms with E-state index in [0.717, 1.165) is 23.4 Å². The summed E-state index contributed by atoms with van der Waals surface area (Å²) in [5.74, 6) is 0.310. The van der Waals surface area contributed by atoms with Crippen LogP contribution >= 0.6 is 0 Å². The first-order chi connectivity index (χ1) is 13.5. The molecule has 154 valence electrons. The number of imidazole rings is 1. The molecule has 7 nitrogen and oxygen atoms in total. The van der Waals surface area contributed by atoms with Gasteiger partial charge in [0.05, 0.1) is 15.9 Å². The van der Waals surface area contributed by atoms with E-state index in [4.69, 9.17) is 0 Å². The van der Waals surface area contributed by atoms with Crippen LogP contribution in [0.25, 0.3) is 11.0 Å². The van der Waals surface area contributed by atoms with Crippen LogP contribution in [0.4, 0.5) is 0 Å². The smallest absolute Gasteiger partial charge is 0.266 e. The monoisotopic (exact) mass is 414 g/mol. The fourth-order valence-corrected chi connectivity index (χ4v) is 4.01. The van der Waals surface area contributed by atoms with Crippen molar-refractivity contribution in [3.8, 4) is 0 Å². The molecule has 2 N–H and O–H groups in total. The minimum atomic E-state index is -3.88. The largest absolute Gasteiger partial charge is 0.329 e. The van der Waals surface area contributed by atoms with Gasteiger partial charge in [-0.25, -0.2) is 13.4 Å². The second kappa shape index (κ2) is 7.61. The molecule has 0 saturated carbocycles. The lowest BCUT2D eigenvalue weighted by Crippen LogP contribution is -2.41. The molecule has 0 bridgehead atoms. The molecule has 1 amide bonds. The average molecular weight is 415 g/mol. The molecule has 8 heteroatoms. The van der Waals surface area contributed by atoms with Crippen molar-refractivity contribution in [1.82, 2.24) is 19.8 Å². The maximum atomic E-state index is 12.5. The van der Waals surface area contributed by atoms with Gasteiger partial charge in [-0.1, -0.05) is 32.9 Å². The molecular formula is C21H26N4O3S. The summed E-state index contributed by atoms with van der Waals surface area (Å²) in [4.78, 5) is 19.1. The minimum Gasteiger partial charge on any atom is -0.329 e. The second-order valence-corrected chi connectivity index (χ2v) is 9.62. The summed E-state index contributed by atoms with van der Waals surface area (Å²) in [7, 11) is -3.88. The summed E-state index contributed by atoms with van der Waals surface area (Å²) < 4.78 is 27.0. The summed E-state index contributed by atoms with van der Waals surface area (Å²) >= 11 is 0. The summed E-state index contributed by atoms with van der Waals surface area (Å²) in [6.07, 6.45) is 0. The molecule has 3 rings (SSSR count). The third-order valence-electron chi connectivity index (χ3n) is 4.85. The Labute approximate surface area is 171 Å². The van der Waals surface area contributed by atoms with E-state index in [9.17, 15) is 13.2 Å². The number of benzene rings is 2. The standard InChI is InChI=1S/C21H26N4O3S/c1-6-25-14(2)22-18-13-15(7-12-19(18)25)20(26)23-24-29(27,28)17-10-8-16(9-11-17)21(3,4)5/h7-13,24H,6H2,1-5H3,(H,23,26). The van der Waals surface area contributed by atoms with Crippen LogP contribution in [0.1, 0.15) is 49.4 Å². The Balaban J connectivity index is 1.75. The van der Waals surface area contributed by atoms with Crippen LogP contribution in [-0.2, 0) is 22.0 Å². The van der Waals surface area contributed by atoms with E-state index in [-0.39, 0.29) is 10.3 Å². The molecule has 0 aliphatic heterocycles. The summed E-state index contributed by atoms with van der Waals surface area (Å²) in [5, 5.41) is 0. The predicted octanol–water partition coefficient (Wildman–Crippen LogP) is 3.29. The first-order valence-electron chi connectivity index (χ1n) is 9.42. The molecule has 0 aliphatic carbocycles. The summed E-state index contributed by atoms with van der Waals surface area (Å²) in [5.41, 5.74) is 5.16. The fraction of sp³-hybridized carbons (Fsp3) is 0.333. The van der Waals surface area contributed by atoms with Crippen LogP contribution in [-0.4, -0.2) is 23.9 Å². The topological polar surface area (TPSA) is 93.1 Å². The van der Waals surface area contributed by atoms with E-state index in [1.165, 1.54) is 12.1 Å². The van der Waals surface area contributed by atoms with Crippen LogP contribution in [0.2, 0.25) is 0 Å². The number of amides is 1. The molecule has 0 radical (unpaired) electrons. The molecule has 1 heterocycles. The Morgan fingerprint density at radius 1 is 1.10 bits per heavy atom. The van der Waals surface area contributed by atoms with Crippen molar-refractivity contribution in [3.05, 3.63) is 59.4 Å². The lowest BCUT2D eigenvalue weighted by atomic mass is 9.87. The molecule has 0 aliphatic rings. The Morgan fingerprint density at radius 2 is 1.76 bits per heavy atom. The van der Waals surface area contributed by atoms with E-state index in [1.807, 2.05) is 24.5 Å². The zero-order valence-corrected chi connectivity index (χ0v) is 18.1. The number of nitrogens with zero attached hydrogens (tertiary/aromatic N) is 2. The number of nitrogens with one attached hydrogen (secondary N) is 2. The van der Waals surface area contributed by atoms with Crippen molar-refractivity contribution in [2.45, 2.75) is 51.5 Å². The van der Waals surface area contributed by atoms with Gasteiger partial charge in [-0.2, -0.15) is 0 Å². The Hall–Kier alpha value is -2.71. The summed E-state index contributed by atoms with van der Waals surface area (Å²) in [6.45, 7) is 10.9. The number of aryl methyl sites for hydroxylation is 2. The highest BCUT2D eigenvalue weighted by Gasteiger charge is 2.19. The first kappa shape index (κ1) is 21.0. The minimum absolute atomic E-state index is 0.0777. The maximum absolute atomic E-state index is 12.5. The van der Waals surface area contributed by atoms with Gasteiger partial charge >= 0.3 is 0 Å². The predicted molar refractivity (Wildman–Crippen MR) is 113 cm³/mol. The highest BCUT2D eigenvalue weighted by atomic mass is 32.2. The number of hydrazine groups is 1. The number of rotatable bonds is 5. The van der Waals surface area contributed by atoms with Gasteiger partial charge in [0.1, 0.15) is 5.82 Å².